The third-order valence-electron chi connectivity index (χ3n) is 4.53. The summed E-state index contributed by atoms with van der Waals surface area (Å²) >= 11 is -1.73. The SMILES string of the molecule is CCCCC(O)C=CCC1=CCC=C(CC=CCCCC(=O)NS(=O)OC)C1. The van der Waals surface area contributed by atoms with Crippen LogP contribution >= 0.6 is 0 Å². The number of aliphatic hydroxyl groups is 1. The fourth-order valence-corrected chi connectivity index (χ4v) is 3.32. The monoisotopic (exact) mass is 409 g/mol. The number of hydrogen-bond donors (Lipinski definition) is 2. The molecule has 0 radical (unpaired) electrons. The van der Waals surface area contributed by atoms with Gasteiger partial charge < -0.3 is 5.11 Å². The van der Waals surface area contributed by atoms with Crippen LogP contribution < -0.4 is 4.72 Å². The number of carbonyl (C=O) groups is 1. The van der Waals surface area contributed by atoms with Gasteiger partial charge in [0.1, 0.15) is 0 Å². The molecule has 0 fully saturated rings. The minimum Gasteiger partial charge on any atom is -0.389 e. The van der Waals surface area contributed by atoms with Gasteiger partial charge in [-0.3, -0.25) is 13.7 Å². The van der Waals surface area contributed by atoms with Crippen LogP contribution in [0.3, 0.4) is 0 Å². The van der Waals surface area contributed by atoms with Crippen molar-refractivity contribution in [2.24, 2.45) is 0 Å². The van der Waals surface area contributed by atoms with Crippen molar-refractivity contribution >= 4 is 17.2 Å². The van der Waals surface area contributed by atoms with Crippen LogP contribution in [0.2, 0.25) is 0 Å². The molecule has 0 heterocycles. The molecule has 1 aliphatic carbocycles. The van der Waals surface area contributed by atoms with Crippen LogP contribution in [0, 0.1) is 0 Å². The van der Waals surface area contributed by atoms with E-state index >= 15 is 0 Å². The number of rotatable bonds is 14. The van der Waals surface area contributed by atoms with Crippen LogP contribution in [0.15, 0.2) is 47.6 Å². The highest BCUT2D eigenvalue weighted by atomic mass is 32.2. The minimum absolute atomic E-state index is 0.258. The van der Waals surface area contributed by atoms with E-state index in [0.717, 1.165) is 57.8 Å². The lowest BCUT2D eigenvalue weighted by Crippen LogP contribution is -2.25. The van der Waals surface area contributed by atoms with Crippen LogP contribution in [0.25, 0.3) is 0 Å². The average Bonchev–Trinajstić information content (AvgIpc) is 2.69. The molecule has 0 aromatic carbocycles. The van der Waals surface area contributed by atoms with E-state index in [1.165, 1.54) is 18.3 Å². The Labute approximate surface area is 172 Å². The summed E-state index contributed by atoms with van der Waals surface area (Å²) in [6, 6.07) is 0. The van der Waals surface area contributed by atoms with Crippen molar-refractivity contribution in [2.75, 3.05) is 7.11 Å². The summed E-state index contributed by atoms with van der Waals surface area (Å²) in [4.78, 5) is 11.5. The number of unbranched alkanes of at least 4 members (excludes halogenated alkanes) is 2. The molecule has 0 bridgehead atoms. The van der Waals surface area contributed by atoms with Crippen LogP contribution in [-0.2, 0) is 20.2 Å². The fraction of sp³-hybridized carbons (Fsp3) is 0.591. The Balaban J connectivity index is 2.20. The quantitative estimate of drug-likeness (QED) is 0.325. The van der Waals surface area contributed by atoms with Gasteiger partial charge in [-0.25, -0.2) is 4.21 Å². The molecule has 1 amide bonds. The van der Waals surface area contributed by atoms with Crippen LogP contribution in [0.5, 0.6) is 0 Å². The third kappa shape index (κ3) is 12.1. The number of aliphatic hydroxyl groups excluding tert-OH is 1. The summed E-state index contributed by atoms with van der Waals surface area (Å²) in [5, 5.41) is 9.87. The molecule has 6 heteroatoms. The van der Waals surface area contributed by atoms with Crippen molar-refractivity contribution in [1.29, 1.82) is 0 Å². The van der Waals surface area contributed by atoms with E-state index < -0.39 is 11.3 Å². The van der Waals surface area contributed by atoms with Crippen molar-refractivity contribution in [3.05, 3.63) is 47.6 Å². The summed E-state index contributed by atoms with van der Waals surface area (Å²) in [6.07, 6.45) is 21.2. The van der Waals surface area contributed by atoms with Crippen molar-refractivity contribution in [1.82, 2.24) is 4.72 Å². The molecule has 28 heavy (non-hydrogen) atoms. The van der Waals surface area contributed by atoms with E-state index in [1.807, 2.05) is 6.08 Å². The van der Waals surface area contributed by atoms with E-state index in [2.05, 4.69) is 46.2 Å². The molecule has 2 atom stereocenters. The molecule has 0 aromatic heterocycles. The van der Waals surface area contributed by atoms with Crippen molar-refractivity contribution in [2.45, 2.75) is 77.2 Å². The largest absolute Gasteiger partial charge is 0.389 e. The lowest BCUT2D eigenvalue weighted by atomic mass is 9.93. The maximum Gasteiger partial charge on any atom is 0.263 e. The van der Waals surface area contributed by atoms with Crippen LogP contribution in [0.4, 0.5) is 0 Å². The first kappa shape index (κ1) is 24.5. The molecule has 0 aromatic rings. The molecule has 2 N–H and O–H groups in total. The van der Waals surface area contributed by atoms with Crippen LogP contribution in [0.1, 0.15) is 71.1 Å². The average molecular weight is 410 g/mol. The standard InChI is InChI=1S/C22H35NO4S/c1-3-4-15-21(24)16-10-14-20-13-9-12-19(18-20)11-7-5-6-8-17-22(25)23-28(26)27-2/h5,7,10,12-13,16,21,24H,3-4,6,8-9,11,14-15,17-18H2,1-2H3,(H,23,25). The second-order valence-electron chi connectivity index (χ2n) is 6.97. The van der Waals surface area contributed by atoms with Gasteiger partial charge in [-0.15, -0.1) is 0 Å². The third-order valence-corrected chi connectivity index (χ3v) is 5.23. The molecule has 1 aliphatic rings. The lowest BCUT2D eigenvalue weighted by molar-refractivity contribution is -0.119. The number of hydrogen-bond acceptors (Lipinski definition) is 4. The van der Waals surface area contributed by atoms with Crippen molar-refractivity contribution in [3.63, 3.8) is 0 Å². The Morgan fingerprint density at radius 2 is 1.96 bits per heavy atom. The summed E-state index contributed by atoms with van der Waals surface area (Å²) in [6.45, 7) is 2.13. The maximum absolute atomic E-state index is 11.5. The Morgan fingerprint density at radius 3 is 2.64 bits per heavy atom. The first-order valence-electron chi connectivity index (χ1n) is 10.2. The summed E-state index contributed by atoms with van der Waals surface area (Å²) in [5.74, 6) is -0.258. The second-order valence-corrected chi connectivity index (χ2v) is 7.98. The fourth-order valence-electron chi connectivity index (χ4n) is 2.94. The molecule has 1 rings (SSSR count). The van der Waals surface area contributed by atoms with Gasteiger partial charge in [-0.05, 0) is 44.9 Å². The Kier molecular flexibility index (Phi) is 13.5. The molecular weight excluding hydrogens is 374 g/mol. The van der Waals surface area contributed by atoms with Gasteiger partial charge in [-0.2, -0.15) is 0 Å². The Hall–Kier alpha value is -1.50. The number of carbonyl (C=O) groups excluding carboxylic acids is 1. The highest BCUT2D eigenvalue weighted by molar-refractivity contribution is 7.78. The van der Waals surface area contributed by atoms with Gasteiger partial charge >= 0.3 is 0 Å². The normalized spacial score (nSPS) is 16.8. The van der Waals surface area contributed by atoms with Crippen molar-refractivity contribution in [3.8, 4) is 0 Å². The van der Waals surface area contributed by atoms with Gasteiger partial charge in [0.25, 0.3) is 11.3 Å². The molecule has 2 unspecified atom stereocenters. The lowest BCUT2D eigenvalue weighted by Gasteiger charge is -2.13. The molecule has 0 saturated carbocycles. The van der Waals surface area contributed by atoms with E-state index in [-0.39, 0.29) is 12.0 Å². The predicted molar refractivity (Wildman–Crippen MR) is 116 cm³/mol. The first-order chi connectivity index (χ1) is 13.5. The maximum atomic E-state index is 11.5. The van der Waals surface area contributed by atoms with Gasteiger partial charge in [0, 0.05) is 6.42 Å². The second kappa shape index (κ2) is 15.4. The van der Waals surface area contributed by atoms with Crippen LogP contribution in [-0.4, -0.2) is 28.4 Å². The van der Waals surface area contributed by atoms with E-state index in [9.17, 15) is 14.1 Å². The van der Waals surface area contributed by atoms with Gasteiger partial charge in [0.2, 0.25) is 5.91 Å². The zero-order chi connectivity index (χ0) is 20.6. The summed E-state index contributed by atoms with van der Waals surface area (Å²) in [5.41, 5.74) is 2.83. The first-order valence-corrected chi connectivity index (χ1v) is 11.2. The van der Waals surface area contributed by atoms with E-state index in [4.69, 9.17) is 0 Å². The summed E-state index contributed by atoms with van der Waals surface area (Å²) in [7, 11) is 1.28. The molecule has 158 valence electrons. The zero-order valence-corrected chi connectivity index (χ0v) is 18.0. The smallest absolute Gasteiger partial charge is 0.263 e. The highest BCUT2D eigenvalue weighted by Gasteiger charge is 2.06. The Morgan fingerprint density at radius 1 is 1.25 bits per heavy atom. The van der Waals surface area contributed by atoms with Crippen molar-refractivity contribution < 1.29 is 18.3 Å². The molecular formula is C22H35NO4S. The highest BCUT2D eigenvalue weighted by Crippen LogP contribution is 2.24. The van der Waals surface area contributed by atoms with E-state index in [1.54, 1.807) is 0 Å². The summed E-state index contributed by atoms with van der Waals surface area (Å²) < 4.78 is 17.8. The molecule has 0 spiro atoms. The Bertz CT molecular complexity index is 608. The number of amides is 1. The minimum atomic E-state index is -1.73. The van der Waals surface area contributed by atoms with Gasteiger partial charge in [0.05, 0.1) is 13.2 Å². The molecule has 0 aliphatic heterocycles. The van der Waals surface area contributed by atoms with E-state index in [0.29, 0.717) is 6.42 Å². The van der Waals surface area contributed by atoms with Gasteiger partial charge in [-0.1, -0.05) is 67.4 Å². The molecule has 5 nitrogen and oxygen atoms in total. The number of nitrogens with one attached hydrogen (secondary N) is 1. The molecule has 0 saturated heterocycles. The number of allylic oxidation sites excluding steroid dienone is 7. The zero-order valence-electron chi connectivity index (χ0n) is 17.2. The topological polar surface area (TPSA) is 75.6 Å². The van der Waals surface area contributed by atoms with Gasteiger partial charge in [0.15, 0.2) is 0 Å². The predicted octanol–water partition coefficient (Wildman–Crippen LogP) is 4.59.